The van der Waals surface area contributed by atoms with Crippen molar-refractivity contribution in [3.05, 3.63) is 69.7 Å². The average Bonchev–Trinajstić information content (AvgIpc) is 2.98. The Morgan fingerprint density at radius 2 is 1.96 bits per heavy atom. The van der Waals surface area contributed by atoms with E-state index in [1.807, 2.05) is 61.7 Å². The van der Waals surface area contributed by atoms with Crippen molar-refractivity contribution < 1.29 is 4.79 Å². The van der Waals surface area contributed by atoms with Gasteiger partial charge in [0.15, 0.2) is 5.13 Å². The Morgan fingerprint density at radius 3 is 2.72 bits per heavy atom. The van der Waals surface area contributed by atoms with Gasteiger partial charge in [-0.25, -0.2) is 4.98 Å². The second-order valence-electron chi connectivity index (χ2n) is 5.80. The number of anilines is 3. The van der Waals surface area contributed by atoms with Crippen LogP contribution in [0.3, 0.4) is 0 Å². The molecule has 3 rings (SSSR count). The molecule has 128 valence electrons. The van der Waals surface area contributed by atoms with Crippen LogP contribution in [0.15, 0.2) is 47.8 Å². The first kappa shape index (κ1) is 17.5. The third-order valence-electron chi connectivity index (χ3n) is 3.76. The summed E-state index contributed by atoms with van der Waals surface area (Å²) in [6, 6.07) is 13.3. The monoisotopic (exact) mass is 371 g/mol. The van der Waals surface area contributed by atoms with Crippen molar-refractivity contribution in [2.75, 3.05) is 10.6 Å². The minimum Gasteiger partial charge on any atom is -0.331 e. The molecular weight excluding hydrogens is 354 g/mol. The van der Waals surface area contributed by atoms with E-state index < -0.39 is 0 Å². The highest BCUT2D eigenvalue weighted by Gasteiger charge is 2.09. The van der Waals surface area contributed by atoms with Crippen molar-refractivity contribution in [1.29, 1.82) is 0 Å². The molecule has 0 fully saturated rings. The van der Waals surface area contributed by atoms with Crippen LogP contribution in [-0.4, -0.2) is 10.9 Å². The molecule has 0 saturated carbocycles. The molecule has 0 saturated heterocycles. The molecule has 0 atom stereocenters. The van der Waals surface area contributed by atoms with Crippen LogP contribution >= 0.6 is 22.9 Å². The molecule has 1 aromatic heterocycles. The zero-order valence-corrected chi connectivity index (χ0v) is 15.5. The van der Waals surface area contributed by atoms with Crippen LogP contribution in [0.2, 0.25) is 5.02 Å². The lowest BCUT2D eigenvalue weighted by atomic mass is 10.1. The number of carbonyl (C=O) groups is 1. The summed E-state index contributed by atoms with van der Waals surface area (Å²) >= 11 is 7.43. The van der Waals surface area contributed by atoms with E-state index in [-0.39, 0.29) is 12.3 Å². The second-order valence-corrected chi connectivity index (χ2v) is 7.10. The van der Waals surface area contributed by atoms with Gasteiger partial charge < -0.3 is 10.6 Å². The molecule has 0 unspecified atom stereocenters. The first-order chi connectivity index (χ1) is 12.0. The molecule has 4 nitrogen and oxygen atoms in total. The number of carbonyl (C=O) groups excluding carboxylic acids is 1. The fourth-order valence-corrected chi connectivity index (χ4v) is 3.24. The molecule has 25 heavy (non-hydrogen) atoms. The summed E-state index contributed by atoms with van der Waals surface area (Å²) in [4.78, 5) is 16.7. The molecule has 2 aromatic carbocycles. The van der Waals surface area contributed by atoms with E-state index >= 15 is 0 Å². The molecule has 3 aromatic rings. The van der Waals surface area contributed by atoms with Crippen molar-refractivity contribution in [1.82, 2.24) is 4.98 Å². The third kappa shape index (κ3) is 4.81. The third-order valence-corrected chi connectivity index (χ3v) is 4.80. The number of rotatable bonds is 5. The predicted octanol–water partition coefficient (Wildman–Crippen LogP) is 5.34. The van der Waals surface area contributed by atoms with Crippen LogP contribution in [0.25, 0.3) is 0 Å². The lowest BCUT2D eigenvalue weighted by Gasteiger charge is -2.07. The maximum Gasteiger partial charge on any atom is 0.230 e. The maximum atomic E-state index is 12.2. The largest absolute Gasteiger partial charge is 0.331 e. The number of nitrogens with zero attached hydrogens (tertiary/aromatic N) is 1. The Kier molecular flexibility index (Phi) is 5.36. The molecule has 6 heteroatoms. The van der Waals surface area contributed by atoms with E-state index in [9.17, 15) is 4.79 Å². The number of benzene rings is 2. The Labute approximate surface area is 155 Å². The smallest absolute Gasteiger partial charge is 0.230 e. The van der Waals surface area contributed by atoms with Crippen LogP contribution in [0, 0.1) is 13.8 Å². The Bertz CT molecular complexity index is 907. The fraction of sp³-hybridized carbons (Fsp3) is 0.158. The Balaban J connectivity index is 1.60. The van der Waals surface area contributed by atoms with Gasteiger partial charge in [0.2, 0.25) is 5.91 Å². The van der Waals surface area contributed by atoms with E-state index in [4.69, 9.17) is 11.6 Å². The van der Waals surface area contributed by atoms with Crippen LogP contribution < -0.4 is 10.6 Å². The quantitative estimate of drug-likeness (QED) is 0.636. The minimum absolute atomic E-state index is 0.0807. The molecule has 0 aliphatic rings. The zero-order chi connectivity index (χ0) is 17.8. The summed E-state index contributed by atoms with van der Waals surface area (Å²) < 4.78 is 0. The van der Waals surface area contributed by atoms with E-state index in [1.54, 1.807) is 0 Å². The number of aromatic nitrogens is 1. The SMILES string of the molecule is Cc1ccc(NC(=O)Cc2csc(Nc3cccc(Cl)c3)n2)cc1C. The van der Waals surface area contributed by atoms with Gasteiger partial charge in [-0.1, -0.05) is 23.7 Å². The summed E-state index contributed by atoms with van der Waals surface area (Å²) in [5, 5.41) is 9.38. The van der Waals surface area contributed by atoms with Crippen molar-refractivity contribution in [3.8, 4) is 0 Å². The summed E-state index contributed by atoms with van der Waals surface area (Å²) in [5.74, 6) is -0.0807. The van der Waals surface area contributed by atoms with E-state index in [0.717, 1.165) is 27.8 Å². The van der Waals surface area contributed by atoms with Gasteiger partial charge in [0.05, 0.1) is 12.1 Å². The molecular formula is C19H18ClN3OS. The highest BCUT2D eigenvalue weighted by molar-refractivity contribution is 7.13. The normalized spacial score (nSPS) is 10.5. The van der Waals surface area contributed by atoms with Crippen LogP contribution in [0.1, 0.15) is 16.8 Å². The maximum absolute atomic E-state index is 12.2. The van der Waals surface area contributed by atoms with E-state index in [0.29, 0.717) is 5.02 Å². The van der Waals surface area contributed by atoms with Crippen molar-refractivity contribution in [2.45, 2.75) is 20.3 Å². The van der Waals surface area contributed by atoms with Crippen LogP contribution in [-0.2, 0) is 11.2 Å². The molecule has 2 N–H and O–H groups in total. The molecule has 1 heterocycles. The van der Waals surface area contributed by atoms with Gasteiger partial charge in [0, 0.05) is 21.8 Å². The Morgan fingerprint density at radius 1 is 1.12 bits per heavy atom. The van der Waals surface area contributed by atoms with Gasteiger partial charge in [-0.05, 0) is 55.3 Å². The highest BCUT2D eigenvalue weighted by Crippen LogP contribution is 2.23. The lowest BCUT2D eigenvalue weighted by Crippen LogP contribution is -2.14. The lowest BCUT2D eigenvalue weighted by molar-refractivity contribution is -0.115. The molecule has 0 spiro atoms. The van der Waals surface area contributed by atoms with Gasteiger partial charge in [0.25, 0.3) is 0 Å². The molecule has 1 amide bonds. The molecule has 0 radical (unpaired) electrons. The number of thiazole rings is 1. The average molecular weight is 372 g/mol. The van der Waals surface area contributed by atoms with Gasteiger partial charge in [-0.15, -0.1) is 11.3 Å². The van der Waals surface area contributed by atoms with Crippen molar-refractivity contribution >= 4 is 45.4 Å². The van der Waals surface area contributed by atoms with Crippen LogP contribution in [0.5, 0.6) is 0 Å². The summed E-state index contributed by atoms with van der Waals surface area (Å²) in [7, 11) is 0. The molecule has 0 aliphatic carbocycles. The standard InChI is InChI=1S/C19H18ClN3OS/c1-12-6-7-16(8-13(12)2)21-18(24)10-17-11-25-19(23-17)22-15-5-3-4-14(20)9-15/h3-9,11H,10H2,1-2H3,(H,21,24)(H,22,23). The minimum atomic E-state index is -0.0807. The number of hydrogen-bond donors (Lipinski definition) is 2. The topological polar surface area (TPSA) is 54.0 Å². The number of nitrogens with one attached hydrogen (secondary N) is 2. The highest BCUT2D eigenvalue weighted by atomic mass is 35.5. The summed E-state index contributed by atoms with van der Waals surface area (Å²) in [5.41, 5.74) is 4.76. The zero-order valence-electron chi connectivity index (χ0n) is 14.0. The number of aryl methyl sites for hydroxylation is 2. The van der Waals surface area contributed by atoms with Gasteiger partial charge in [-0.2, -0.15) is 0 Å². The molecule has 0 bridgehead atoms. The van der Waals surface area contributed by atoms with Gasteiger partial charge in [0.1, 0.15) is 0 Å². The summed E-state index contributed by atoms with van der Waals surface area (Å²) in [6.07, 6.45) is 0.237. The molecule has 0 aliphatic heterocycles. The first-order valence-electron chi connectivity index (χ1n) is 7.84. The second kappa shape index (κ2) is 7.68. The summed E-state index contributed by atoms with van der Waals surface area (Å²) in [6.45, 7) is 4.07. The number of hydrogen-bond acceptors (Lipinski definition) is 4. The van der Waals surface area contributed by atoms with Crippen molar-refractivity contribution in [2.24, 2.45) is 0 Å². The van der Waals surface area contributed by atoms with Crippen molar-refractivity contribution in [3.63, 3.8) is 0 Å². The Hall–Kier alpha value is -2.37. The number of amides is 1. The fourth-order valence-electron chi connectivity index (χ4n) is 2.32. The number of halogens is 1. The van der Waals surface area contributed by atoms with Gasteiger partial charge >= 0.3 is 0 Å². The van der Waals surface area contributed by atoms with E-state index in [2.05, 4.69) is 15.6 Å². The van der Waals surface area contributed by atoms with E-state index in [1.165, 1.54) is 16.9 Å². The van der Waals surface area contributed by atoms with Crippen LogP contribution in [0.4, 0.5) is 16.5 Å². The predicted molar refractivity (Wildman–Crippen MR) is 105 cm³/mol. The first-order valence-corrected chi connectivity index (χ1v) is 9.09. The van der Waals surface area contributed by atoms with Gasteiger partial charge in [-0.3, -0.25) is 4.79 Å².